The number of rotatable bonds is 5. The molecule has 5 rings (SSSR count). The van der Waals surface area contributed by atoms with Gasteiger partial charge in [0.05, 0.1) is 16.6 Å². The molecule has 0 unspecified atom stereocenters. The molecule has 5 nitrogen and oxygen atoms in total. The van der Waals surface area contributed by atoms with Gasteiger partial charge in [0.25, 0.3) is 5.56 Å². The molecule has 0 aliphatic heterocycles. The summed E-state index contributed by atoms with van der Waals surface area (Å²) < 4.78 is 0. The van der Waals surface area contributed by atoms with Crippen molar-refractivity contribution in [3.05, 3.63) is 113 Å². The molecule has 0 saturated carbocycles. The zero-order valence-electron chi connectivity index (χ0n) is 17.2. The molecule has 0 radical (unpaired) electrons. The molecule has 0 spiro atoms. The maximum atomic E-state index is 12.3. The lowest BCUT2D eigenvalue weighted by Gasteiger charge is -2.12. The van der Waals surface area contributed by atoms with Gasteiger partial charge in [0.15, 0.2) is 0 Å². The van der Waals surface area contributed by atoms with Crippen molar-refractivity contribution in [1.82, 2.24) is 9.97 Å². The van der Waals surface area contributed by atoms with E-state index in [0.717, 1.165) is 33.6 Å². The van der Waals surface area contributed by atoms with Gasteiger partial charge in [-0.2, -0.15) is 0 Å². The molecule has 3 aromatic carbocycles. The number of benzene rings is 3. The third-order valence-electron chi connectivity index (χ3n) is 5.43. The van der Waals surface area contributed by atoms with Crippen molar-refractivity contribution < 1.29 is 5.11 Å². The molecule has 0 amide bonds. The number of phenols is 1. The van der Waals surface area contributed by atoms with Crippen molar-refractivity contribution in [2.24, 2.45) is 0 Å². The Morgan fingerprint density at radius 1 is 0.844 bits per heavy atom. The van der Waals surface area contributed by atoms with Gasteiger partial charge in [-0.25, -0.2) is 4.98 Å². The third-order valence-corrected chi connectivity index (χ3v) is 5.43. The molecule has 5 heteroatoms. The predicted molar refractivity (Wildman–Crippen MR) is 129 cm³/mol. The van der Waals surface area contributed by atoms with Crippen LogP contribution in [0.4, 0.5) is 5.69 Å². The molecule has 2 aromatic heterocycles. The van der Waals surface area contributed by atoms with Gasteiger partial charge in [-0.3, -0.25) is 4.79 Å². The van der Waals surface area contributed by atoms with E-state index in [9.17, 15) is 9.90 Å². The van der Waals surface area contributed by atoms with Crippen LogP contribution >= 0.6 is 0 Å². The van der Waals surface area contributed by atoms with E-state index in [1.54, 1.807) is 18.3 Å². The second kappa shape index (κ2) is 8.40. The Morgan fingerprint density at radius 2 is 1.59 bits per heavy atom. The summed E-state index contributed by atoms with van der Waals surface area (Å²) >= 11 is 0. The maximum Gasteiger partial charge on any atom is 0.257 e. The minimum absolute atomic E-state index is 0.144. The predicted octanol–water partition coefficient (Wildman–Crippen LogP) is 5.57. The molecule has 0 atom stereocenters. The highest BCUT2D eigenvalue weighted by molar-refractivity contribution is 5.91. The number of pyridine rings is 2. The summed E-state index contributed by atoms with van der Waals surface area (Å²) in [5.74, 6) is 0.249. The van der Waals surface area contributed by atoms with E-state index in [4.69, 9.17) is 4.98 Å². The molecule has 0 saturated heterocycles. The van der Waals surface area contributed by atoms with E-state index < -0.39 is 0 Å². The Bertz CT molecular complexity index is 1420. The molecular formula is C27H21N3O2. The number of fused-ring (bicyclic) bond motifs is 1. The number of hydrogen-bond acceptors (Lipinski definition) is 4. The second-order valence-electron chi connectivity index (χ2n) is 7.59. The fourth-order valence-electron chi connectivity index (χ4n) is 3.73. The van der Waals surface area contributed by atoms with E-state index in [0.29, 0.717) is 17.4 Å². The lowest BCUT2D eigenvalue weighted by Crippen LogP contribution is -2.06. The first-order valence-corrected chi connectivity index (χ1v) is 10.4. The van der Waals surface area contributed by atoms with E-state index in [1.807, 2.05) is 54.6 Å². The zero-order chi connectivity index (χ0) is 21.9. The van der Waals surface area contributed by atoms with Crippen LogP contribution in [-0.2, 0) is 6.54 Å². The van der Waals surface area contributed by atoms with Crippen LogP contribution in [0, 0.1) is 0 Å². The maximum absolute atomic E-state index is 12.3. The van der Waals surface area contributed by atoms with Crippen molar-refractivity contribution in [2.75, 3.05) is 5.32 Å². The normalized spacial score (nSPS) is 10.9. The second-order valence-corrected chi connectivity index (χ2v) is 7.59. The zero-order valence-corrected chi connectivity index (χ0v) is 17.2. The van der Waals surface area contributed by atoms with Gasteiger partial charge >= 0.3 is 0 Å². The van der Waals surface area contributed by atoms with Crippen molar-refractivity contribution in [2.45, 2.75) is 6.54 Å². The van der Waals surface area contributed by atoms with Gasteiger partial charge in [-0.15, -0.1) is 0 Å². The van der Waals surface area contributed by atoms with Gasteiger partial charge in [-0.1, -0.05) is 54.6 Å². The first-order valence-electron chi connectivity index (χ1n) is 10.4. The molecule has 3 N–H and O–H groups in total. The molecule has 0 bridgehead atoms. The van der Waals surface area contributed by atoms with Crippen molar-refractivity contribution in [3.63, 3.8) is 0 Å². The van der Waals surface area contributed by atoms with Crippen LogP contribution < -0.4 is 10.9 Å². The molecule has 32 heavy (non-hydrogen) atoms. The van der Waals surface area contributed by atoms with Gasteiger partial charge in [0, 0.05) is 29.6 Å². The topological polar surface area (TPSA) is 78.0 Å². The van der Waals surface area contributed by atoms with Crippen molar-refractivity contribution in [3.8, 4) is 28.1 Å². The van der Waals surface area contributed by atoms with E-state index >= 15 is 0 Å². The van der Waals surface area contributed by atoms with Gasteiger partial charge in [0.1, 0.15) is 5.75 Å². The Hall–Kier alpha value is -4.38. The number of anilines is 1. The standard InChI is InChI=1S/C27H21N3O2/c31-22-12-10-21(11-13-22)29-17-18-6-8-20(9-7-18)26-23(19-4-2-1-3-5-19)16-24-25(30-26)14-15-28-27(24)32/h1-16,29,31H,17H2,(H,28,32). The van der Waals surface area contributed by atoms with E-state index in [2.05, 4.69) is 34.6 Å². The smallest absolute Gasteiger partial charge is 0.257 e. The number of aromatic nitrogens is 2. The molecule has 0 aliphatic carbocycles. The van der Waals surface area contributed by atoms with Crippen LogP contribution in [0.15, 0.2) is 102 Å². The monoisotopic (exact) mass is 419 g/mol. The SMILES string of the molecule is O=c1[nH]ccc2nc(-c3ccc(CNc4ccc(O)cc4)cc3)c(-c3ccccc3)cc12. The number of aromatic amines is 1. The summed E-state index contributed by atoms with van der Waals surface area (Å²) in [6.07, 6.45) is 1.63. The van der Waals surface area contributed by atoms with E-state index in [1.165, 1.54) is 0 Å². The molecule has 156 valence electrons. The lowest BCUT2D eigenvalue weighted by molar-refractivity contribution is 0.475. The number of phenolic OH excluding ortho intramolecular Hbond substituents is 1. The van der Waals surface area contributed by atoms with Crippen LogP contribution in [-0.4, -0.2) is 15.1 Å². The minimum atomic E-state index is -0.144. The first kappa shape index (κ1) is 19.6. The molecule has 0 fully saturated rings. The fourth-order valence-corrected chi connectivity index (χ4v) is 3.73. The third kappa shape index (κ3) is 3.96. The van der Waals surface area contributed by atoms with Crippen LogP contribution in [0.5, 0.6) is 5.75 Å². The van der Waals surface area contributed by atoms with Gasteiger partial charge in [-0.05, 0) is 47.5 Å². The molecular weight excluding hydrogens is 398 g/mol. The number of aromatic hydroxyl groups is 1. The number of hydrogen-bond donors (Lipinski definition) is 3. The number of H-pyrrole nitrogens is 1. The largest absolute Gasteiger partial charge is 0.508 e. The first-order chi connectivity index (χ1) is 15.7. The van der Waals surface area contributed by atoms with E-state index in [-0.39, 0.29) is 11.3 Å². The minimum Gasteiger partial charge on any atom is -0.508 e. The van der Waals surface area contributed by atoms with Crippen LogP contribution in [0.2, 0.25) is 0 Å². The summed E-state index contributed by atoms with van der Waals surface area (Å²) in [6, 6.07) is 29.0. The fraction of sp³-hybridized carbons (Fsp3) is 0.0370. The van der Waals surface area contributed by atoms with Crippen LogP contribution in [0.25, 0.3) is 33.3 Å². The summed E-state index contributed by atoms with van der Waals surface area (Å²) in [5.41, 5.74) is 6.35. The summed E-state index contributed by atoms with van der Waals surface area (Å²) in [4.78, 5) is 19.9. The Labute approximate surface area is 185 Å². The summed E-state index contributed by atoms with van der Waals surface area (Å²) in [7, 11) is 0. The van der Waals surface area contributed by atoms with Crippen molar-refractivity contribution in [1.29, 1.82) is 0 Å². The van der Waals surface area contributed by atoms with Gasteiger partial charge in [0.2, 0.25) is 0 Å². The van der Waals surface area contributed by atoms with Crippen LogP contribution in [0.3, 0.4) is 0 Å². The molecule has 2 heterocycles. The Balaban J connectivity index is 1.50. The molecule has 0 aliphatic rings. The lowest BCUT2D eigenvalue weighted by atomic mass is 9.97. The quantitative estimate of drug-likeness (QED) is 0.325. The number of nitrogens with zero attached hydrogens (tertiary/aromatic N) is 1. The Kier molecular flexibility index (Phi) is 5.14. The molecule has 5 aromatic rings. The highest BCUT2D eigenvalue weighted by Gasteiger charge is 2.13. The highest BCUT2D eigenvalue weighted by atomic mass is 16.3. The number of nitrogens with one attached hydrogen (secondary N) is 2. The van der Waals surface area contributed by atoms with Gasteiger partial charge < -0.3 is 15.4 Å². The average molecular weight is 419 g/mol. The summed E-state index contributed by atoms with van der Waals surface area (Å²) in [6.45, 7) is 0.664. The van der Waals surface area contributed by atoms with Crippen LogP contribution in [0.1, 0.15) is 5.56 Å². The van der Waals surface area contributed by atoms with Crippen molar-refractivity contribution >= 4 is 16.6 Å². The average Bonchev–Trinajstić information content (AvgIpc) is 2.84. The summed E-state index contributed by atoms with van der Waals surface area (Å²) in [5, 5.41) is 13.3. The highest BCUT2D eigenvalue weighted by Crippen LogP contribution is 2.32. The Morgan fingerprint density at radius 3 is 2.34 bits per heavy atom.